The summed E-state index contributed by atoms with van der Waals surface area (Å²) in [6, 6.07) is 7.63. The lowest BCUT2D eigenvalue weighted by atomic mass is 10.1. The minimum atomic E-state index is -0.538. The number of nitrogens with zero attached hydrogens (tertiary/aromatic N) is 1. The summed E-state index contributed by atoms with van der Waals surface area (Å²) < 4.78 is 0.979. The predicted octanol–water partition coefficient (Wildman–Crippen LogP) is 4.56. The molecule has 2 aromatic rings. The van der Waals surface area contributed by atoms with Gasteiger partial charge in [0.25, 0.3) is 11.6 Å². The van der Waals surface area contributed by atoms with E-state index in [2.05, 4.69) is 21.2 Å². The first kappa shape index (κ1) is 15.9. The summed E-state index contributed by atoms with van der Waals surface area (Å²) in [6.07, 6.45) is 0. The first-order valence-electron chi connectivity index (χ1n) is 5.88. The van der Waals surface area contributed by atoms with Crippen LogP contribution in [0.15, 0.2) is 34.8 Å². The predicted molar refractivity (Wildman–Crippen MR) is 86.0 cm³/mol. The topological polar surface area (TPSA) is 72.2 Å². The molecule has 1 amide bonds. The molecule has 2 rings (SSSR count). The lowest BCUT2D eigenvalue weighted by Crippen LogP contribution is -2.26. The van der Waals surface area contributed by atoms with Crippen LogP contribution in [-0.2, 0) is 0 Å². The van der Waals surface area contributed by atoms with E-state index in [1.165, 1.54) is 29.5 Å². The zero-order valence-electron chi connectivity index (χ0n) is 10.8. The fraction of sp³-hybridized carbons (Fsp3) is 0.154. The van der Waals surface area contributed by atoms with Crippen LogP contribution in [0, 0.1) is 10.1 Å². The van der Waals surface area contributed by atoms with E-state index in [0.29, 0.717) is 8.81 Å². The Morgan fingerprint density at radius 1 is 1.43 bits per heavy atom. The lowest BCUT2D eigenvalue weighted by molar-refractivity contribution is -0.385. The molecule has 0 saturated carbocycles. The molecule has 0 aliphatic rings. The highest BCUT2D eigenvalue weighted by atomic mass is 79.9. The lowest BCUT2D eigenvalue weighted by Gasteiger charge is -2.12. The number of thiophene rings is 1. The van der Waals surface area contributed by atoms with Gasteiger partial charge in [-0.15, -0.1) is 11.3 Å². The maximum absolute atomic E-state index is 12.1. The van der Waals surface area contributed by atoms with E-state index in [1.54, 1.807) is 6.07 Å². The van der Waals surface area contributed by atoms with Gasteiger partial charge in [0.05, 0.1) is 19.8 Å². The SMILES string of the molecule is CC(NC(=O)c1ccc(Br)c([N+](=O)[O-])c1)c1ccc(Cl)s1. The zero-order chi connectivity index (χ0) is 15.6. The molecule has 0 radical (unpaired) electrons. The van der Waals surface area contributed by atoms with Crippen LogP contribution < -0.4 is 5.32 Å². The van der Waals surface area contributed by atoms with Crippen molar-refractivity contribution in [3.8, 4) is 0 Å². The molecule has 1 aromatic carbocycles. The molecule has 110 valence electrons. The molecule has 1 heterocycles. The van der Waals surface area contributed by atoms with Gasteiger partial charge in [0.15, 0.2) is 0 Å². The fourth-order valence-electron chi connectivity index (χ4n) is 1.71. The summed E-state index contributed by atoms with van der Waals surface area (Å²) in [6.45, 7) is 1.83. The van der Waals surface area contributed by atoms with Crippen molar-refractivity contribution in [1.29, 1.82) is 0 Å². The molecule has 1 N–H and O–H groups in total. The van der Waals surface area contributed by atoms with E-state index in [1.807, 2.05) is 13.0 Å². The van der Waals surface area contributed by atoms with Crippen molar-refractivity contribution < 1.29 is 9.72 Å². The minimum Gasteiger partial charge on any atom is -0.345 e. The second-order valence-corrected chi connectivity index (χ2v) is 6.86. The van der Waals surface area contributed by atoms with Crippen LogP contribution in [-0.4, -0.2) is 10.8 Å². The molecule has 21 heavy (non-hydrogen) atoms. The van der Waals surface area contributed by atoms with Crippen LogP contribution in [0.1, 0.15) is 28.2 Å². The van der Waals surface area contributed by atoms with Gasteiger partial charge >= 0.3 is 0 Å². The number of nitro benzene ring substituents is 1. The summed E-state index contributed by atoms with van der Waals surface area (Å²) in [5.41, 5.74) is 0.0916. The van der Waals surface area contributed by atoms with Gasteiger partial charge in [-0.3, -0.25) is 14.9 Å². The van der Waals surface area contributed by atoms with Crippen molar-refractivity contribution in [2.75, 3.05) is 0 Å². The van der Waals surface area contributed by atoms with Gasteiger partial charge in [-0.05, 0) is 47.1 Å². The Labute approximate surface area is 138 Å². The molecule has 5 nitrogen and oxygen atoms in total. The van der Waals surface area contributed by atoms with Crippen LogP contribution in [0.4, 0.5) is 5.69 Å². The smallest absolute Gasteiger partial charge is 0.284 e. The molecule has 0 bridgehead atoms. The highest BCUT2D eigenvalue weighted by Crippen LogP contribution is 2.28. The number of amides is 1. The van der Waals surface area contributed by atoms with E-state index in [9.17, 15) is 14.9 Å². The van der Waals surface area contributed by atoms with Crippen molar-refractivity contribution in [1.82, 2.24) is 5.32 Å². The van der Waals surface area contributed by atoms with Crippen molar-refractivity contribution in [2.24, 2.45) is 0 Å². The second kappa shape index (κ2) is 6.55. The molecule has 0 fully saturated rings. The van der Waals surface area contributed by atoms with Crippen molar-refractivity contribution >= 4 is 50.5 Å². The van der Waals surface area contributed by atoms with E-state index >= 15 is 0 Å². The number of nitrogens with one attached hydrogen (secondary N) is 1. The third-order valence-corrected chi connectivity index (χ3v) is 4.86. The van der Waals surface area contributed by atoms with Crippen LogP contribution in [0.3, 0.4) is 0 Å². The summed E-state index contributed by atoms with van der Waals surface area (Å²) in [7, 11) is 0. The molecule has 0 saturated heterocycles. The normalized spacial score (nSPS) is 12.0. The Morgan fingerprint density at radius 3 is 2.71 bits per heavy atom. The van der Waals surface area contributed by atoms with Gasteiger partial charge in [0.2, 0.25) is 0 Å². The molecule has 1 unspecified atom stereocenters. The van der Waals surface area contributed by atoms with Crippen molar-refractivity contribution in [2.45, 2.75) is 13.0 Å². The average molecular weight is 390 g/mol. The Balaban J connectivity index is 2.17. The van der Waals surface area contributed by atoms with Gasteiger partial charge in [-0.1, -0.05) is 11.6 Å². The van der Waals surface area contributed by atoms with Crippen molar-refractivity contribution in [3.63, 3.8) is 0 Å². The third-order valence-electron chi connectivity index (χ3n) is 2.77. The highest BCUT2D eigenvalue weighted by molar-refractivity contribution is 9.10. The van der Waals surface area contributed by atoms with E-state index in [4.69, 9.17) is 11.6 Å². The maximum Gasteiger partial charge on any atom is 0.284 e. The zero-order valence-corrected chi connectivity index (χ0v) is 14.0. The van der Waals surface area contributed by atoms with Crippen LogP contribution in [0.5, 0.6) is 0 Å². The van der Waals surface area contributed by atoms with Crippen LogP contribution in [0.25, 0.3) is 0 Å². The molecule has 0 spiro atoms. The minimum absolute atomic E-state index is 0.144. The fourth-order valence-corrected chi connectivity index (χ4v) is 3.16. The Morgan fingerprint density at radius 2 is 2.14 bits per heavy atom. The third kappa shape index (κ3) is 3.81. The molecule has 0 aliphatic heterocycles. The number of halogens is 2. The summed E-state index contributed by atoms with van der Waals surface area (Å²) in [5.74, 6) is -0.373. The van der Waals surface area contributed by atoms with E-state index in [-0.39, 0.29) is 23.2 Å². The first-order valence-corrected chi connectivity index (χ1v) is 7.87. The molecule has 8 heteroatoms. The Kier molecular flexibility index (Phi) is 4.97. The van der Waals surface area contributed by atoms with E-state index in [0.717, 1.165) is 4.88 Å². The number of hydrogen-bond acceptors (Lipinski definition) is 4. The number of hydrogen-bond donors (Lipinski definition) is 1. The number of carbonyl (C=O) groups excluding carboxylic acids is 1. The summed E-state index contributed by atoms with van der Waals surface area (Å²) in [4.78, 5) is 23.4. The molecule has 1 aromatic heterocycles. The van der Waals surface area contributed by atoms with E-state index < -0.39 is 4.92 Å². The van der Waals surface area contributed by atoms with Gasteiger partial charge < -0.3 is 5.32 Å². The monoisotopic (exact) mass is 388 g/mol. The average Bonchev–Trinajstić information content (AvgIpc) is 2.85. The highest BCUT2D eigenvalue weighted by Gasteiger charge is 2.18. The molecular formula is C13H10BrClN2O3S. The Bertz CT molecular complexity index is 704. The van der Waals surface area contributed by atoms with Gasteiger partial charge in [-0.25, -0.2) is 0 Å². The maximum atomic E-state index is 12.1. The number of benzene rings is 1. The summed E-state index contributed by atoms with van der Waals surface area (Å²) >= 11 is 10.3. The number of carbonyl (C=O) groups is 1. The second-order valence-electron chi connectivity index (χ2n) is 4.26. The molecular weight excluding hydrogens is 380 g/mol. The van der Waals surface area contributed by atoms with Crippen molar-refractivity contribution in [3.05, 3.63) is 59.7 Å². The largest absolute Gasteiger partial charge is 0.345 e. The molecule has 0 aliphatic carbocycles. The quantitative estimate of drug-likeness (QED) is 0.615. The van der Waals surface area contributed by atoms with Gasteiger partial charge in [0, 0.05) is 16.5 Å². The Hall–Kier alpha value is -1.44. The van der Waals surface area contributed by atoms with Crippen LogP contribution in [0.2, 0.25) is 4.34 Å². The molecule has 1 atom stereocenters. The standard InChI is InChI=1S/C13H10BrClN2O3S/c1-7(11-4-5-12(15)21-11)16-13(18)8-2-3-9(14)10(6-8)17(19)20/h2-7H,1H3,(H,16,18). The first-order chi connectivity index (χ1) is 9.88. The number of nitro groups is 1. The van der Waals surface area contributed by atoms with Gasteiger partial charge in [0.1, 0.15) is 0 Å². The number of rotatable bonds is 4. The summed E-state index contributed by atoms with van der Waals surface area (Å²) in [5, 5.41) is 13.7. The van der Waals surface area contributed by atoms with Gasteiger partial charge in [-0.2, -0.15) is 0 Å². The van der Waals surface area contributed by atoms with Crippen LogP contribution >= 0.6 is 38.9 Å².